The quantitative estimate of drug-likeness (QED) is 0.0817. The summed E-state index contributed by atoms with van der Waals surface area (Å²) in [6.07, 6.45) is -24.4. The van der Waals surface area contributed by atoms with Gasteiger partial charge in [-0.25, -0.2) is 9.59 Å². The van der Waals surface area contributed by atoms with Crippen molar-refractivity contribution in [3.8, 4) is 0 Å². The first-order chi connectivity index (χ1) is 22.0. The van der Waals surface area contributed by atoms with E-state index in [9.17, 15) is 49.1 Å². The van der Waals surface area contributed by atoms with Gasteiger partial charge in [0.05, 0.1) is 13.2 Å². The zero-order valence-electron chi connectivity index (χ0n) is 24.4. The summed E-state index contributed by atoms with van der Waals surface area (Å²) in [6, 6.07) is 15.3. The van der Waals surface area contributed by atoms with E-state index in [1.54, 1.807) is 24.3 Å². The molecule has 0 spiro atoms. The Hall–Kier alpha value is -3.93. The van der Waals surface area contributed by atoms with Gasteiger partial charge in [-0.05, 0) is 23.3 Å². The van der Waals surface area contributed by atoms with Crippen molar-refractivity contribution in [1.29, 1.82) is 0 Å². The van der Waals surface area contributed by atoms with E-state index in [1.165, 1.54) is 36.4 Å². The van der Waals surface area contributed by atoms with Crippen molar-refractivity contribution in [2.24, 2.45) is 0 Å². The Morgan fingerprint density at radius 3 is 1.53 bits per heavy atom. The monoisotopic (exact) mass is 688 g/mol. The minimum atomic E-state index is -5.41. The van der Waals surface area contributed by atoms with Gasteiger partial charge in [-0.2, -0.15) is 39.5 Å². The molecule has 0 aliphatic heterocycles. The number of hydrogen-bond acceptors (Lipinski definition) is 8. The average molecular weight is 689 g/mol. The summed E-state index contributed by atoms with van der Waals surface area (Å²) in [5.74, 6) is -3.50. The van der Waals surface area contributed by atoms with E-state index in [0.29, 0.717) is 23.3 Å². The maximum atomic E-state index is 14.1. The smallest absolute Gasteiger partial charge is 0.428 e. The van der Waals surface area contributed by atoms with Crippen LogP contribution in [0.1, 0.15) is 11.1 Å². The average Bonchev–Trinajstić information content (AvgIpc) is 2.99. The lowest BCUT2D eigenvalue weighted by molar-refractivity contribution is -0.264. The van der Waals surface area contributed by atoms with Crippen LogP contribution < -0.4 is 0 Å². The van der Waals surface area contributed by atoms with Crippen molar-refractivity contribution in [3.63, 3.8) is 0 Å². The van der Waals surface area contributed by atoms with E-state index in [4.69, 9.17) is 9.47 Å². The van der Waals surface area contributed by atoms with Gasteiger partial charge in [-0.3, -0.25) is 0 Å². The Kier molecular flexibility index (Phi) is 15.4. The van der Waals surface area contributed by atoms with Gasteiger partial charge in [0.1, 0.15) is 19.0 Å². The molecule has 0 aliphatic carbocycles. The van der Waals surface area contributed by atoms with Crippen molar-refractivity contribution in [2.75, 3.05) is 20.5 Å². The van der Waals surface area contributed by atoms with Crippen LogP contribution in [0.25, 0.3) is 0 Å². The van der Waals surface area contributed by atoms with Gasteiger partial charge in [-0.15, -0.1) is 0 Å². The summed E-state index contributed by atoms with van der Waals surface area (Å²) in [5.41, 5.74) is 0.739. The highest BCUT2D eigenvalue weighted by atomic mass is 19.4. The molecule has 0 N–H and O–H groups in total. The molecule has 4 atom stereocenters. The molecule has 0 heterocycles. The summed E-state index contributed by atoms with van der Waals surface area (Å²) >= 11 is 0. The number of halogens is 9. The Balaban J connectivity index is 2.34. The molecular formula is C30H29F9O8. The van der Waals surface area contributed by atoms with Crippen LogP contribution in [0.4, 0.5) is 39.5 Å². The molecule has 2 rings (SSSR count). The van der Waals surface area contributed by atoms with Gasteiger partial charge in [0.2, 0.25) is 6.10 Å². The van der Waals surface area contributed by atoms with Crippen molar-refractivity contribution in [3.05, 3.63) is 96.1 Å². The second-order valence-electron chi connectivity index (χ2n) is 9.40. The summed E-state index contributed by atoms with van der Waals surface area (Å²) < 4.78 is 149. The lowest BCUT2D eigenvalue weighted by atomic mass is 10.1. The third-order valence-electron chi connectivity index (χ3n) is 5.64. The number of carbonyl (C=O) groups excluding carboxylic acids is 2. The number of alkyl halides is 9. The second kappa shape index (κ2) is 18.4. The fourth-order valence-electron chi connectivity index (χ4n) is 3.57. The van der Waals surface area contributed by atoms with Gasteiger partial charge in [0, 0.05) is 19.3 Å². The second-order valence-corrected chi connectivity index (χ2v) is 9.40. The van der Waals surface area contributed by atoms with Gasteiger partial charge in [-0.1, -0.05) is 60.7 Å². The van der Waals surface area contributed by atoms with Crippen molar-refractivity contribution in [1.82, 2.24) is 0 Å². The van der Waals surface area contributed by atoms with Crippen LogP contribution in [0.5, 0.6) is 0 Å². The van der Waals surface area contributed by atoms with Crippen LogP contribution in [0, 0.1) is 0 Å². The van der Waals surface area contributed by atoms with E-state index in [2.05, 4.69) is 18.9 Å². The van der Waals surface area contributed by atoms with Crippen LogP contribution in [0.3, 0.4) is 0 Å². The molecule has 0 amide bonds. The molecule has 260 valence electrons. The van der Waals surface area contributed by atoms with Gasteiger partial charge in [0.15, 0.2) is 12.7 Å². The highest BCUT2D eigenvalue weighted by Crippen LogP contribution is 2.30. The highest BCUT2D eigenvalue weighted by molar-refractivity contribution is 5.83. The number of rotatable bonds is 17. The zero-order chi connectivity index (χ0) is 35.1. The molecule has 0 fully saturated rings. The molecule has 0 radical (unpaired) electrons. The van der Waals surface area contributed by atoms with Crippen molar-refractivity contribution < 1.29 is 77.5 Å². The van der Waals surface area contributed by atoms with E-state index in [0.717, 1.165) is 7.11 Å². The number of hydrogen-bond donors (Lipinski definition) is 0. The number of ether oxygens (including phenoxy) is 6. The number of methoxy groups -OCH3 is 1. The molecular weight excluding hydrogens is 659 g/mol. The summed E-state index contributed by atoms with van der Waals surface area (Å²) in [7, 11) is 1.04. The van der Waals surface area contributed by atoms with Gasteiger partial charge in [0.25, 0.3) is 0 Å². The minimum Gasteiger partial charge on any atom is -0.453 e. The SMILES string of the molecule is COCO[C@H]([C@@H](/C=C/C(=O)O[C@H]([C@@H](/C=C/C(=O)OCC(F)(F)F)OCc1ccccc1)C(F)(F)F)OCc1ccccc1)C(F)(F)F. The van der Waals surface area contributed by atoms with Crippen LogP contribution >= 0.6 is 0 Å². The Labute approximate surface area is 262 Å². The lowest BCUT2D eigenvalue weighted by Gasteiger charge is -2.28. The van der Waals surface area contributed by atoms with Crippen LogP contribution in [0.2, 0.25) is 0 Å². The molecule has 0 saturated carbocycles. The number of esters is 2. The number of carbonyl (C=O) groups is 2. The lowest BCUT2D eigenvalue weighted by Crippen LogP contribution is -2.44. The van der Waals surface area contributed by atoms with Crippen molar-refractivity contribution >= 4 is 11.9 Å². The molecule has 2 aromatic carbocycles. The van der Waals surface area contributed by atoms with E-state index in [-0.39, 0.29) is 12.2 Å². The Morgan fingerprint density at radius 1 is 0.660 bits per heavy atom. The molecule has 8 nitrogen and oxygen atoms in total. The molecule has 17 heteroatoms. The Bertz CT molecular complexity index is 1280. The standard InChI is InChI=1S/C30H29F9O8/c1-42-19-46-26(29(34,35)36)22(43-16-20-8-4-2-5-9-20)13-15-25(41)47-27(30(37,38)39)23(44-17-21-10-6-3-7-11-21)12-14-24(40)45-18-28(31,32)33/h2-15,22-23,26-27H,16-19H2,1H3/b14-12+,15-13+/t22-,23-,26-,27-/m1/s1. The van der Waals surface area contributed by atoms with E-state index in [1.807, 2.05) is 0 Å². The molecule has 0 bridgehead atoms. The maximum Gasteiger partial charge on any atom is 0.428 e. The minimum absolute atomic E-state index is 0.221. The first-order valence-corrected chi connectivity index (χ1v) is 13.3. The molecule has 0 saturated heterocycles. The molecule has 47 heavy (non-hydrogen) atoms. The fraction of sp³-hybridized carbons (Fsp3) is 0.400. The number of benzene rings is 2. The Morgan fingerprint density at radius 2 is 1.11 bits per heavy atom. The topological polar surface area (TPSA) is 89.5 Å². The predicted octanol–water partition coefficient (Wildman–Crippen LogP) is 6.40. The summed E-state index contributed by atoms with van der Waals surface area (Å²) in [4.78, 5) is 24.3. The van der Waals surface area contributed by atoms with Crippen molar-refractivity contribution in [2.45, 2.75) is 56.2 Å². The highest BCUT2D eigenvalue weighted by Gasteiger charge is 2.49. The first kappa shape index (κ1) is 39.2. The van der Waals surface area contributed by atoms with Crippen LogP contribution in [-0.4, -0.2) is 75.4 Å². The van der Waals surface area contributed by atoms with Gasteiger partial charge < -0.3 is 28.4 Å². The maximum absolute atomic E-state index is 14.1. The normalized spacial score (nSPS) is 15.4. The molecule has 0 aliphatic rings. The fourth-order valence-corrected chi connectivity index (χ4v) is 3.57. The van der Waals surface area contributed by atoms with Gasteiger partial charge >= 0.3 is 30.5 Å². The van der Waals surface area contributed by atoms with E-state index < -0.39 is 81.5 Å². The first-order valence-electron chi connectivity index (χ1n) is 13.3. The predicted molar refractivity (Wildman–Crippen MR) is 144 cm³/mol. The largest absolute Gasteiger partial charge is 0.453 e. The third kappa shape index (κ3) is 15.5. The molecule has 0 unspecified atom stereocenters. The third-order valence-corrected chi connectivity index (χ3v) is 5.64. The molecule has 2 aromatic rings. The molecule has 0 aromatic heterocycles. The summed E-state index contributed by atoms with van der Waals surface area (Å²) in [5, 5.41) is 0. The van der Waals surface area contributed by atoms with Crippen LogP contribution in [0.15, 0.2) is 85.0 Å². The van der Waals surface area contributed by atoms with Crippen LogP contribution in [-0.2, 0) is 51.2 Å². The van der Waals surface area contributed by atoms with E-state index >= 15 is 0 Å². The zero-order valence-corrected chi connectivity index (χ0v) is 24.4. The summed E-state index contributed by atoms with van der Waals surface area (Å²) in [6.45, 7) is -3.87.